The van der Waals surface area contributed by atoms with Gasteiger partial charge in [0, 0.05) is 33.5 Å². The normalized spacial score (nSPS) is 11.5. The van der Waals surface area contributed by atoms with Crippen molar-refractivity contribution < 1.29 is 0 Å². The van der Waals surface area contributed by atoms with Crippen molar-refractivity contribution in [3.05, 3.63) is 291 Å². The first-order valence-electron chi connectivity index (χ1n) is 25.5. The van der Waals surface area contributed by atoms with Crippen LogP contribution in [0.25, 0.3) is 115 Å². The molecule has 0 atom stereocenters. The monoisotopic (exact) mass is 940 g/mol. The number of fused-ring (bicyclic) bond motifs is 7. The lowest BCUT2D eigenvalue weighted by molar-refractivity contribution is 1.18. The molecule has 0 fully saturated rings. The Hall–Kier alpha value is -9.76. The van der Waals surface area contributed by atoms with Crippen molar-refractivity contribution in [2.45, 2.75) is 0 Å². The maximum absolute atomic E-state index is 2.41. The zero-order valence-electron chi connectivity index (χ0n) is 40.6. The largest absolute Gasteiger partial charge is 0.310 e. The molecular formula is C72H48N2. The number of para-hydroxylation sites is 2. The highest BCUT2D eigenvalue weighted by Crippen LogP contribution is 2.47. The minimum atomic E-state index is 1.07. The van der Waals surface area contributed by atoms with Gasteiger partial charge in [-0.25, -0.2) is 0 Å². The highest BCUT2D eigenvalue weighted by Gasteiger charge is 2.21. The van der Waals surface area contributed by atoms with E-state index in [1.165, 1.54) is 98.6 Å². The Kier molecular flexibility index (Phi) is 10.6. The summed E-state index contributed by atoms with van der Waals surface area (Å²) in [4.78, 5) is 2.40. The molecule has 13 aromatic carbocycles. The Labute approximate surface area is 430 Å². The van der Waals surface area contributed by atoms with E-state index in [0.29, 0.717) is 0 Å². The van der Waals surface area contributed by atoms with Gasteiger partial charge in [-0.15, -0.1) is 0 Å². The third-order valence-electron chi connectivity index (χ3n) is 15.0. The highest BCUT2D eigenvalue weighted by atomic mass is 15.1. The average Bonchev–Trinajstić information content (AvgIpc) is 3.83. The molecule has 0 saturated carbocycles. The molecule has 0 bridgehead atoms. The fraction of sp³-hybridized carbons (Fsp3) is 0. The fourth-order valence-corrected chi connectivity index (χ4v) is 11.6. The molecule has 14 aromatic rings. The van der Waals surface area contributed by atoms with Crippen LogP contribution in [-0.2, 0) is 0 Å². The van der Waals surface area contributed by atoms with Gasteiger partial charge < -0.3 is 9.47 Å². The lowest BCUT2D eigenvalue weighted by Gasteiger charge is -2.26. The van der Waals surface area contributed by atoms with E-state index < -0.39 is 0 Å². The summed E-state index contributed by atoms with van der Waals surface area (Å²) in [5, 5.41) is 9.96. The number of hydrogen-bond acceptors (Lipinski definition) is 1. The summed E-state index contributed by atoms with van der Waals surface area (Å²) in [6, 6.07) is 106. The van der Waals surface area contributed by atoms with Crippen LogP contribution in [0.15, 0.2) is 291 Å². The first-order valence-corrected chi connectivity index (χ1v) is 25.5. The summed E-state index contributed by atoms with van der Waals surface area (Å²) in [5.74, 6) is 0. The number of anilines is 3. The predicted molar refractivity (Wildman–Crippen MR) is 315 cm³/mol. The van der Waals surface area contributed by atoms with Crippen molar-refractivity contribution in [3.8, 4) is 61.3 Å². The number of aromatic nitrogens is 1. The molecule has 0 unspecified atom stereocenters. The number of benzene rings is 13. The van der Waals surface area contributed by atoms with Crippen LogP contribution in [0.5, 0.6) is 0 Å². The van der Waals surface area contributed by atoms with Crippen LogP contribution in [0, 0.1) is 0 Å². The maximum Gasteiger partial charge on any atom is 0.0547 e. The molecule has 0 aliphatic heterocycles. The van der Waals surface area contributed by atoms with Crippen molar-refractivity contribution in [2.75, 3.05) is 4.90 Å². The topological polar surface area (TPSA) is 8.17 Å². The first kappa shape index (κ1) is 43.1. The van der Waals surface area contributed by atoms with Crippen molar-refractivity contribution in [1.29, 1.82) is 0 Å². The second-order valence-electron chi connectivity index (χ2n) is 19.2. The van der Waals surface area contributed by atoms with Gasteiger partial charge in [0.25, 0.3) is 0 Å². The average molecular weight is 941 g/mol. The zero-order valence-corrected chi connectivity index (χ0v) is 40.6. The molecule has 346 valence electrons. The van der Waals surface area contributed by atoms with E-state index in [0.717, 1.165) is 33.9 Å². The third-order valence-corrected chi connectivity index (χ3v) is 15.0. The second kappa shape index (κ2) is 18.1. The lowest BCUT2D eigenvalue weighted by atomic mass is 9.84. The summed E-state index contributed by atoms with van der Waals surface area (Å²) < 4.78 is 2.39. The van der Waals surface area contributed by atoms with E-state index in [1.54, 1.807) is 0 Å². The molecule has 0 aliphatic carbocycles. The molecule has 2 nitrogen and oxygen atoms in total. The summed E-state index contributed by atoms with van der Waals surface area (Å²) in [7, 11) is 0. The minimum absolute atomic E-state index is 1.07. The molecule has 1 heterocycles. The van der Waals surface area contributed by atoms with Crippen molar-refractivity contribution >= 4 is 71.2 Å². The van der Waals surface area contributed by atoms with E-state index in [4.69, 9.17) is 0 Å². The van der Waals surface area contributed by atoms with E-state index >= 15 is 0 Å². The molecule has 0 N–H and O–H groups in total. The van der Waals surface area contributed by atoms with E-state index in [-0.39, 0.29) is 0 Å². The number of nitrogens with zero attached hydrogens (tertiary/aromatic N) is 2. The van der Waals surface area contributed by atoms with Gasteiger partial charge in [0.1, 0.15) is 0 Å². The van der Waals surface area contributed by atoms with E-state index in [9.17, 15) is 0 Å². The van der Waals surface area contributed by atoms with Gasteiger partial charge in [0.15, 0.2) is 0 Å². The number of hydrogen-bond donors (Lipinski definition) is 0. The van der Waals surface area contributed by atoms with Crippen LogP contribution >= 0.6 is 0 Å². The third kappa shape index (κ3) is 7.35. The molecule has 14 rings (SSSR count). The van der Waals surface area contributed by atoms with Gasteiger partial charge >= 0.3 is 0 Å². The van der Waals surface area contributed by atoms with Crippen LogP contribution in [0.1, 0.15) is 0 Å². The minimum Gasteiger partial charge on any atom is -0.310 e. The molecule has 1 aromatic heterocycles. The predicted octanol–water partition coefficient (Wildman–Crippen LogP) is 20.0. The second-order valence-corrected chi connectivity index (χ2v) is 19.2. The van der Waals surface area contributed by atoms with Gasteiger partial charge in [-0.2, -0.15) is 0 Å². The van der Waals surface area contributed by atoms with Crippen LogP contribution in [0.4, 0.5) is 17.1 Å². The van der Waals surface area contributed by atoms with Crippen molar-refractivity contribution in [3.63, 3.8) is 0 Å². The highest BCUT2D eigenvalue weighted by molar-refractivity contribution is 6.22. The van der Waals surface area contributed by atoms with Crippen LogP contribution < -0.4 is 4.90 Å². The fourth-order valence-electron chi connectivity index (χ4n) is 11.6. The molecular weight excluding hydrogens is 893 g/mol. The Morgan fingerprint density at radius 2 is 0.743 bits per heavy atom. The van der Waals surface area contributed by atoms with Gasteiger partial charge in [-0.1, -0.05) is 224 Å². The van der Waals surface area contributed by atoms with Crippen LogP contribution in [0.3, 0.4) is 0 Å². The van der Waals surface area contributed by atoms with E-state index in [1.807, 2.05) is 0 Å². The number of rotatable bonds is 9. The molecule has 2 heteroatoms. The quantitative estimate of drug-likeness (QED) is 0.131. The molecule has 0 saturated heterocycles. The Bertz CT molecular complexity index is 4380. The summed E-state index contributed by atoms with van der Waals surface area (Å²) in [5.41, 5.74) is 18.8. The smallest absolute Gasteiger partial charge is 0.0547 e. The summed E-state index contributed by atoms with van der Waals surface area (Å²) in [6.45, 7) is 0. The Morgan fingerprint density at radius 1 is 0.243 bits per heavy atom. The summed E-state index contributed by atoms with van der Waals surface area (Å²) in [6.07, 6.45) is 0. The molecule has 0 amide bonds. The Balaban J connectivity index is 0.918. The van der Waals surface area contributed by atoms with Gasteiger partial charge in [0.05, 0.1) is 11.0 Å². The van der Waals surface area contributed by atoms with Gasteiger partial charge in [-0.3, -0.25) is 0 Å². The summed E-state index contributed by atoms with van der Waals surface area (Å²) >= 11 is 0. The zero-order chi connectivity index (χ0) is 49.0. The SMILES string of the molecule is c1ccc(-c2c(-c3ccccc3)c3cc(-c4ccc(N(c5ccc(-c6cccc7ccccc67)cc5)c5cccc(-c6cccc7c6c6ccccc6n7-c6ccccc6)c5)cc4)ccc3c3ccccc23)cc1. The van der Waals surface area contributed by atoms with E-state index in [2.05, 4.69) is 301 Å². The van der Waals surface area contributed by atoms with Gasteiger partial charge in [-0.05, 0) is 155 Å². The lowest BCUT2D eigenvalue weighted by Crippen LogP contribution is -2.10. The molecule has 0 spiro atoms. The van der Waals surface area contributed by atoms with Crippen LogP contribution in [-0.4, -0.2) is 4.57 Å². The molecule has 0 radical (unpaired) electrons. The molecule has 0 aliphatic rings. The van der Waals surface area contributed by atoms with Crippen molar-refractivity contribution in [2.24, 2.45) is 0 Å². The standard InChI is InChI=1S/C72H48N2/c1-4-20-52(21-5-1)70-65-31-13-12-30-63(65)64-46-41-54(48-67(64)71(70)53-22-6-2-7-23-53)49-37-42-57(43-38-49)73(58-44-39-51(40-45-58)61-33-17-24-50-19-10-11-29-60(50)61)59-28-16-25-55(47-59)62-34-18-36-69-72(62)66-32-14-15-35-68(66)74(69)56-26-8-3-9-27-56/h1-48H. The van der Waals surface area contributed by atoms with Crippen LogP contribution in [0.2, 0.25) is 0 Å². The van der Waals surface area contributed by atoms with Gasteiger partial charge in [0.2, 0.25) is 0 Å². The molecule has 74 heavy (non-hydrogen) atoms. The Morgan fingerprint density at radius 3 is 1.47 bits per heavy atom. The van der Waals surface area contributed by atoms with Crippen molar-refractivity contribution in [1.82, 2.24) is 4.57 Å². The first-order chi connectivity index (χ1) is 36.7. The maximum atomic E-state index is 2.41.